The smallest absolute Gasteiger partial charge is 0.399 e. The van der Waals surface area contributed by atoms with E-state index in [1.54, 1.807) is 0 Å². The van der Waals surface area contributed by atoms with Crippen molar-refractivity contribution in [3.63, 3.8) is 0 Å². The molecule has 5 nitrogen and oxygen atoms in total. The standard InChI is InChI=1S/C18H27BN2O3/c1-17(2)18(3,4)24-19(23-17)14-8-6-13(7-9-14)16(22)15-12-21(5)11-10-20-15/h6-9,15,20H,10-12H2,1-5H3/t15-/m1/s1. The average Bonchev–Trinajstić information content (AvgIpc) is 2.75. The Hall–Kier alpha value is -1.21. The second-order valence-electron chi connectivity index (χ2n) is 7.84. The first-order chi connectivity index (χ1) is 11.2. The number of nitrogens with zero attached hydrogens (tertiary/aromatic N) is 1. The van der Waals surface area contributed by atoms with Crippen LogP contribution in [0.25, 0.3) is 0 Å². The number of ketones is 1. The van der Waals surface area contributed by atoms with Gasteiger partial charge in [0, 0.05) is 25.2 Å². The molecule has 1 aromatic rings. The molecule has 6 heteroatoms. The highest BCUT2D eigenvalue weighted by Crippen LogP contribution is 2.36. The molecule has 24 heavy (non-hydrogen) atoms. The van der Waals surface area contributed by atoms with Crippen LogP contribution in [-0.4, -0.2) is 61.7 Å². The quantitative estimate of drug-likeness (QED) is 0.664. The highest BCUT2D eigenvalue weighted by atomic mass is 16.7. The third kappa shape index (κ3) is 3.29. The van der Waals surface area contributed by atoms with Crippen molar-refractivity contribution in [2.45, 2.75) is 44.9 Å². The number of hydrogen-bond donors (Lipinski definition) is 1. The summed E-state index contributed by atoms with van der Waals surface area (Å²) in [6.45, 7) is 10.7. The lowest BCUT2D eigenvalue weighted by Gasteiger charge is -2.32. The molecule has 3 rings (SSSR count). The Morgan fingerprint density at radius 1 is 1.17 bits per heavy atom. The summed E-state index contributed by atoms with van der Waals surface area (Å²) in [5.74, 6) is 0.141. The topological polar surface area (TPSA) is 50.8 Å². The maximum Gasteiger partial charge on any atom is 0.494 e. The van der Waals surface area contributed by atoms with Gasteiger partial charge in [0.15, 0.2) is 5.78 Å². The van der Waals surface area contributed by atoms with E-state index in [2.05, 4.69) is 10.2 Å². The molecule has 130 valence electrons. The lowest BCUT2D eigenvalue weighted by Crippen LogP contribution is -2.52. The van der Waals surface area contributed by atoms with E-state index in [1.807, 2.05) is 59.0 Å². The fraction of sp³-hybridized carbons (Fsp3) is 0.611. The van der Waals surface area contributed by atoms with E-state index >= 15 is 0 Å². The molecule has 0 unspecified atom stereocenters. The van der Waals surface area contributed by atoms with E-state index in [4.69, 9.17) is 9.31 Å². The van der Waals surface area contributed by atoms with Gasteiger partial charge in [-0.15, -0.1) is 0 Å². The summed E-state index contributed by atoms with van der Waals surface area (Å²) in [5, 5.41) is 3.30. The lowest BCUT2D eigenvalue weighted by atomic mass is 9.78. The summed E-state index contributed by atoms with van der Waals surface area (Å²) >= 11 is 0. The van der Waals surface area contributed by atoms with Crippen LogP contribution in [0.1, 0.15) is 38.1 Å². The maximum absolute atomic E-state index is 12.6. The summed E-state index contributed by atoms with van der Waals surface area (Å²) in [6, 6.07) is 7.48. The number of benzene rings is 1. The minimum absolute atomic E-state index is 0.133. The number of likely N-dealkylation sites (N-methyl/N-ethyl adjacent to an activating group) is 1. The molecule has 1 atom stereocenters. The monoisotopic (exact) mass is 330 g/mol. The van der Waals surface area contributed by atoms with Gasteiger partial charge in [0.1, 0.15) is 0 Å². The van der Waals surface area contributed by atoms with Gasteiger partial charge < -0.3 is 19.5 Å². The Morgan fingerprint density at radius 2 is 1.75 bits per heavy atom. The minimum Gasteiger partial charge on any atom is -0.399 e. The Balaban J connectivity index is 1.71. The molecule has 1 aromatic carbocycles. The Kier molecular flexibility index (Phi) is 4.60. The van der Waals surface area contributed by atoms with E-state index in [0.717, 1.165) is 30.7 Å². The van der Waals surface area contributed by atoms with Crippen LogP contribution in [0.3, 0.4) is 0 Å². The molecule has 0 aliphatic carbocycles. The van der Waals surface area contributed by atoms with Crippen molar-refractivity contribution in [1.29, 1.82) is 0 Å². The predicted octanol–water partition coefficient (Wildman–Crippen LogP) is 1.07. The van der Waals surface area contributed by atoms with Gasteiger partial charge in [-0.2, -0.15) is 0 Å². The van der Waals surface area contributed by atoms with Crippen molar-refractivity contribution in [1.82, 2.24) is 10.2 Å². The number of Topliss-reactive ketones (excluding diaryl/α,β-unsaturated/α-hetero) is 1. The third-order valence-corrected chi connectivity index (χ3v) is 5.42. The Morgan fingerprint density at radius 3 is 2.29 bits per heavy atom. The van der Waals surface area contributed by atoms with Crippen molar-refractivity contribution < 1.29 is 14.1 Å². The molecule has 2 fully saturated rings. The van der Waals surface area contributed by atoms with Crippen LogP contribution in [0.15, 0.2) is 24.3 Å². The number of hydrogen-bond acceptors (Lipinski definition) is 5. The molecule has 0 saturated carbocycles. The number of piperazine rings is 1. The molecule has 0 aromatic heterocycles. The molecule has 0 bridgehead atoms. The predicted molar refractivity (Wildman–Crippen MR) is 95.8 cm³/mol. The first kappa shape index (κ1) is 17.6. The van der Waals surface area contributed by atoms with E-state index in [9.17, 15) is 4.79 Å². The normalized spacial score (nSPS) is 26.5. The average molecular weight is 330 g/mol. The SMILES string of the molecule is CN1CCN[C@@H](C(=O)c2ccc(B3OC(C)(C)C(C)(C)O3)cc2)C1. The Bertz CT molecular complexity index is 599. The van der Waals surface area contributed by atoms with Crippen LogP contribution in [0, 0.1) is 0 Å². The van der Waals surface area contributed by atoms with Gasteiger partial charge in [-0.25, -0.2) is 0 Å². The lowest BCUT2D eigenvalue weighted by molar-refractivity contribution is 0.00578. The van der Waals surface area contributed by atoms with Crippen LogP contribution in [0.4, 0.5) is 0 Å². The fourth-order valence-electron chi connectivity index (χ4n) is 3.06. The van der Waals surface area contributed by atoms with Crippen LogP contribution in [-0.2, 0) is 9.31 Å². The molecular weight excluding hydrogens is 303 g/mol. The highest BCUT2D eigenvalue weighted by Gasteiger charge is 2.51. The van der Waals surface area contributed by atoms with E-state index in [0.29, 0.717) is 0 Å². The second-order valence-corrected chi connectivity index (χ2v) is 7.84. The van der Waals surface area contributed by atoms with Gasteiger partial charge in [-0.05, 0) is 40.2 Å². The molecule has 0 radical (unpaired) electrons. The summed E-state index contributed by atoms with van der Waals surface area (Å²) in [6.07, 6.45) is 0. The zero-order chi connectivity index (χ0) is 17.5. The molecular formula is C18H27BN2O3. The van der Waals surface area contributed by atoms with Crippen LogP contribution < -0.4 is 10.8 Å². The minimum atomic E-state index is -0.391. The molecule has 2 aliphatic rings. The zero-order valence-corrected chi connectivity index (χ0v) is 15.3. The molecule has 2 aliphatic heterocycles. The largest absolute Gasteiger partial charge is 0.494 e. The third-order valence-electron chi connectivity index (χ3n) is 5.42. The Labute approximate surface area is 144 Å². The van der Waals surface area contributed by atoms with Crippen LogP contribution in [0.2, 0.25) is 0 Å². The summed E-state index contributed by atoms with van der Waals surface area (Å²) in [4.78, 5) is 14.8. The zero-order valence-electron chi connectivity index (χ0n) is 15.3. The number of nitrogens with one attached hydrogen (secondary N) is 1. The van der Waals surface area contributed by atoms with Crippen LogP contribution in [0.5, 0.6) is 0 Å². The van der Waals surface area contributed by atoms with E-state index in [1.165, 1.54) is 0 Å². The summed E-state index contributed by atoms with van der Waals surface area (Å²) < 4.78 is 12.1. The number of rotatable bonds is 3. The first-order valence-electron chi connectivity index (χ1n) is 8.61. The fourth-order valence-corrected chi connectivity index (χ4v) is 3.06. The van der Waals surface area contributed by atoms with Gasteiger partial charge in [-0.3, -0.25) is 4.79 Å². The first-order valence-corrected chi connectivity index (χ1v) is 8.61. The van der Waals surface area contributed by atoms with Crippen molar-refractivity contribution in [3.05, 3.63) is 29.8 Å². The van der Waals surface area contributed by atoms with E-state index in [-0.39, 0.29) is 23.0 Å². The van der Waals surface area contributed by atoms with E-state index < -0.39 is 7.12 Å². The molecule has 1 N–H and O–H groups in total. The van der Waals surface area contributed by atoms with Crippen molar-refractivity contribution in [3.8, 4) is 0 Å². The van der Waals surface area contributed by atoms with Crippen LogP contribution >= 0.6 is 0 Å². The van der Waals surface area contributed by atoms with Gasteiger partial charge in [0.2, 0.25) is 0 Å². The molecule has 0 amide bonds. The summed E-state index contributed by atoms with van der Waals surface area (Å²) in [7, 11) is 1.65. The summed E-state index contributed by atoms with van der Waals surface area (Å²) in [5.41, 5.74) is 0.952. The van der Waals surface area contributed by atoms with Gasteiger partial charge >= 0.3 is 7.12 Å². The highest BCUT2D eigenvalue weighted by molar-refractivity contribution is 6.62. The molecule has 0 spiro atoms. The number of carbonyl (C=O) groups is 1. The van der Waals surface area contributed by atoms with Gasteiger partial charge in [-0.1, -0.05) is 24.3 Å². The molecule has 2 saturated heterocycles. The maximum atomic E-state index is 12.6. The van der Waals surface area contributed by atoms with Crippen molar-refractivity contribution >= 4 is 18.4 Å². The molecule has 2 heterocycles. The van der Waals surface area contributed by atoms with Crippen molar-refractivity contribution in [2.75, 3.05) is 26.7 Å². The van der Waals surface area contributed by atoms with Gasteiger partial charge in [0.05, 0.1) is 17.2 Å². The van der Waals surface area contributed by atoms with Gasteiger partial charge in [0.25, 0.3) is 0 Å². The number of carbonyl (C=O) groups excluding carboxylic acids is 1. The second kappa shape index (κ2) is 6.26. The van der Waals surface area contributed by atoms with Crippen molar-refractivity contribution in [2.24, 2.45) is 0 Å².